The first-order valence-electron chi connectivity index (χ1n) is 9.64. The van der Waals surface area contributed by atoms with Gasteiger partial charge in [0, 0.05) is 36.6 Å². The number of rotatable bonds is 7. The summed E-state index contributed by atoms with van der Waals surface area (Å²) in [4.78, 5) is 20.4. The van der Waals surface area contributed by atoms with Crippen LogP contribution in [0.3, 0.4) is 0 Å². The zero-order valence-corrected chi connectivity index (χ0v) is 17.4. The molecule has 0 atom stereocenters. The summed E-state index contributed by atoms with van der Waals surface area (Å²) in [5.41, 5.74) is 0.124. The minimum atomic E-state index is -4.43. The molecule has 7 nitrogen and oxygen atoms in total. The number of carbonyl (C=O) groups is 1. The molecular weight excluding hydrogens is 443 g/mol. The van der Waals surface area contributed by atoms with Crippen molar-refractivity contribution in [2.24, 2.45) is 0 Å². The Labute approximate surface area is 184 Å². The van der Waals surface area contributed by atoms with Crippen LogP contribution in [0.5, 0.6) is 5.06 Å². The molecule has 0 fully saturated rings. The van der Waals surface area contributed by atoms with Gasteiger partial charge in [0.05, 0.1) is 5.56 Å². The first-order valence-corrected chi connectivity index (χ1v) is 10.5. The highest BCUT2D eigenvalue weighted by atomic mass is 32.1. The molecule has 0 bridgehead atoms. The number of ether oxygens (including phenoxy) is 1. The third kappa shape index (κ3) is 5.35. The number of alkyl halides is 3. The molecule has 0 aliphatic heterocycles. The fourth-order valence-electron chi connectivity index (χ4n) is 3.00. The molecule has 4 aromatic rings. The Morgan fingerprint density at radius 3 is 2.84 bits per heavy atom. The van der Waals surface area contributed by atoms with Crippen LogP contribution >= 0.6 is 11.3 Å². The standard InChI is InChI=1S/C21H18F3N5O2S/c22-21(23,24)15-4-1-5-16(12-15)27-19-26-13-14-7-10-29(18(14)28-19)9-3-8-25-20(30)31-17-6-2-11-32-17/h1-2,4-7,10-13H,3,8-9H2,(H,25,30)(H,26,27,28). The van der Waals surface area contributed by atoms with Crippen molar-refractivity contribution in [1.82, 2.24) is 19.9 Å². The summed E-state index contributed by atoms with van der Waals surface area (Å²) < 4.78 is 45.8. The normalized spacial score (nSPS) is 11.5. The highest BCUT2D eigenvalue weighted by Crippen LogP contribution is 2.31. The van der Waals surface area contributed by atoms with Gasteiger partial charge in [0.15, 0.2) is 5.06 Å². The zero-order chi connectivity index (χ0) is 22.6. The maximum absolute atomic E-state index is 12.9. The Morgan fingerprint density at radius 1 is 1.19 bits per heavy atom. The molecule has 0 aliphatic rings. The Bertz CT molecular complexity index is 1210. The lowest BCUT2D eigenvalue weighted by Crippen LogP contribution is -2.28. The summed E-state index contributed by atoms with van der Waals surface area (Å²) in [6.07, 6.45) is -0.867. The summed E-state index contributed by atoms with van der Waals surface area (Å²) in [5, 5.41) is 8.65. The van der Waals surface area contributed by atoms with Crippen LogP contribution in [-0.4, -0.2) is 27.2 Å². The molecule has 0 spiro atoms. The molecule has 1 aromatic carbocycles. The van der Waals surface area contributed by atoms with E-state index in [0.717, 1.165) is 17.5 Å². The molecule has 2 N–H and O–H groups in total. The second-order valence-corrected chi connectivity index (χ2v) is 7.70. The molecule has 3 aromatic heterocycles. The highest BCUT2D eigenvalue weighted by molar-refractivity contribution is 7.11. The van der Waals surface area contributed by atoms with Crippen molar-refractivity contribution in [3.05, 3.63) is 65.8 Å². The number of carbonyl (C=O) groups excluding carboxylic acids is 1. The number of benzene rings is 1. The molecule has 32 heavy (non-hydrogen) atoms. The first-order chi connectivity index (χ1) is 15.4. The minimum absolute atomic E-state index is 0.189. The second kappa shape index (κ2) is 9.27. The Morgan fingerprint density at radius 2 is 2.06 bits per heavy atom. The van der Waals surface area contributed by atoms with Crippen molar-refractivity contribution >= 4 is 40.1 Å². The third-order valence-electron chi connectivity index (χ3n) is 4.48. The zero-order valence-electron chi connectivity index (χ0n) is 16.6. The van der Waals surface area contributed by atoms with Crippen LogP contribution in [0.15, 0.2) is 60.2 Å². The molecule has 0 saturated carbocycles. The smallest absolute Gasteiger partial charge is 0.399 e. The molecule has 0 aliphatic carbocycles. The van der Waals surface area contributed by atoms with E-state index in [4.69, 9.17) is 4.74 Å². The van der Waals surface area contributed by atoms with Crippen LogP contribution in [0.1, 0.15) is 12.0 Å². The van der Waals surface area contributed by atoms with Crippen LogP contribution in [0.25, 0.3) is 11.0 Å². The van der Waals surface area contributed by atoms with Gasteiger partial charge in [-0.2, -0.15) is 18.2 Å². The summed E-state index contributed by atoms with van der Waals surface area (Å²) in [5.74, 6) is 0.189. The van der Waals surface area contributed by atoms with Crippen LogP contribution in [0.2, 0.25) is 0 Å². The fourth-order valence-corrected chi connectivity index (χ4v) is 3.57. The number of anilines is 2. The number of hydrogen-bond donors (Lipinski definition) is 2. The van der Waals surface area contributed by atoms with Crippen molar-refractivity contribution < 1.29 is 22.7 Å². The molecule has 0 unspecified atom stereocenters. The van der Waals surface area contributed by atoms with Gasteiger partial charge in [-0.15, -0.1) is 11.3 Å². The first kappa shape index (κ1) is 21.6. The van der Waals surface area contributed by atoms with Crippen molar-refractivity contribution in [2.75, 3.05) is 11.9 Å². The number of fused-ring (bicyclic) bond motifs is 1. The van der Waals surface area contributed by atoms with E-state index in [-0.39, 0.29) is 11.6 Å². The van der Waals surface area contributed by atoms with E-state index in [0.29, 0.717) is 30.2 Å². The molecule has 3 heterocycles. The molecular formula is C21H18F3N5O2S. The van der Waals surface area contributed by atoms with E-state index in [9.17, 15) is 18.0 Å². The molecule has 1 amide bonds. The van der Waals surface area contributed by atoms with Crippen molar-refractivity contribution in [1.29, 1.82) is 0 Å². The van der Waals surface area contributed by atoms with E-state index >= 15 is 0 Å². The monoisotopic (exact) mass is 461 g/mol. The van der Waals surface area contributed by atoms with Gasteiger partial charge in [0.1, 0.15) is 5.65 Å². The maximum atomic E-state index is 12.9. The number of thiophene rings is 1. The number of nitrogens with zero attached hydrogens (tertiary/aromatic N) is 3. The highest BCUT2D eigenvalue weighted by Gasteiger charge is 2.30. The minimum Gasteiger partial charge on any atom is -0.399 e. The Balaban J connectivity index is 1.37. The predicted molar refractivity (Wildman–Crippen MR) is 115 cm³/mol. The summed E-state index contributed by atoms with van der Waals surface area (Å²) in [6.45, 7) is 0.979. The number of hydrogen-bond acceptors (Lipinski definition) is 6. The molecule has 166 valence electrons. The summed E-state index contributed by atoms with van der Waals surface area (Å²) >= 11 is 1.33. The van der Waals surface area contributed by atoms with Gasteiger partial charge in [-0.25, -0.2) is 9.78 Å². The van der Waals surface area contributed by atoms with Crippen LogP contribution < -0.4 is 15.4 Å². The maximum Gasteiger partial charge on any atom is 0.416 e. The Hall–Kier alpha value is -3.60. The lowest BCUT2D eigenvalue weighted by Gasteiger charge is -2.10. The SMILES string of the molecule is O=C(NCCCn1ccc2cnc(Nc3cccc(C(F)(F)F)c3)nc21)Oc1cccs1. The number of amides is 1. The number of aryl methyl sites for hydroxylation is 1. The van der Waals surface area contributed by atoms with E-state index in [1.54, 1.807) is 18.3 Å². The van der Waals surface area contributed by atoms with Gasteiger partial charge < -0.3 is 19.9 Å². The molecule has 4 rings (SSSR count). The van der Waals surface area contributed by atoms with Crippen molar-refractivity contribution in [3.8, 4) is 5.06 Å². The van der Waals surface area contributed by atoms with Crippen LogP contribution in [0, 0.1) is 0 Å². The number of nitrogens with one attached hydrogen (secondary N) is 2. The van der Waals surface area contributed by atoms with E-state index in [1.807, 2.05) is 22.2 Å². The third-order valence-corrected chi connectivity index (χ3v) is 5.23. The van der Waals surface area contributed by atoms with Crippen molar-refractivity contribution in [2.45, 2.75) is 19.1 Å². The molecule has 0 saturated heterocycles. The second-order valence-electron chi connectivity index (χ2n) is 6.79. The predicted octanol–water partition coefficient (Wildman–Crippen LogP) is 5.43. The lowest BCUT2D eigenvalue weighted by atomic mass is 10.2. The van der Waals surface area contributed by atoms with Gasteiger partial charge in [0.25, 0.3) is 0 Å². The number of aromatic nitrogens is 3. The molecule has 11 heteroatoms. The fraction of sp³-hybridized carbons (Fsp3) is 0.190. The van der Waals surface area contributed by atoms with Gasteiger partial charge in [-0.3, -0.25) is 0 Å². The average Bonchev–Trinajstić information content (AvgIpc) is 3.40. The lowest BCUT2D eigenvalue weighted by molar-refractivity contribution is -0.137. The van der Waals surface area contributed by atoms with E-state index in [2.05, 4.69) is 20.6 Å². The van der Waals surface area contributed by atoms with Gasteiger partial charge in [0.2, 0.25) is 5.95 Å². The largest absolute Gasteiger partial charge is 0.416 e. The van der Waals surface area contributed by atoms with Gasteiger partial charge >= 0.3 is 12.3 Å². The van der Waals surface area contributed by atoms with Crippen molar-refractivity contribution in [3.63, 3.8) is 0 Å². The van der Waals surface area contributed by atoms with Gasteiger partial charge in [-0.1, -0.05) is 6.07 Å². The average molecular weight is 461 g/mol. The Kier molecular flexibility index (Phi) is 6.26. The van der Waals surface area contributed by atoms with Crippen LogP contribution in [0.4, 0.5) is 29.6 Å². The summed E-state index contributed by atoms with van der Waals surface area (Å²) in [7, 11) is 0. The van der Waals surface area contributed by atoms with E-state index in [1.165, 1.54) is 23.5 Å². The molecule has 0 radical (unpaired) electrons. The van der Waals surface area contributed by atoms with Crippen LogP contribution in [-0.2, 0) is 12.7 Å². The topological polar surface area (TPSA) is 81.1 Å². The number of halogens is 3. The summed E-state index contributed by atoms with van der Waals surface area (Å²) in [6, 6.07) is 10.2. The quantitative estimate of drug-likeness (QED) is 0.359. The van der Waals surface area contributed by atoms with Gasteiger partial charge in [-0.05, 0) is 48.2 Å². The van der Waals surface area contributed by atoms with E-state index < -0.39 is 17.8 Å².